The van der Waals surface area contributed by atoms with Gasteiger partial charge in [-0.15, -0.1) is 0 Å². The van der Waals surface area contributed by atoms with E-state index in [9.17, 15) is 10.4 Å². The van der Waals surface area contributed by atoms with Crippen LogP contribution in [0, 0.1) is 29.1 Å². The highest BCUT2D eigenvalue weighted by Crippen LogP contribution is 2.43. The molecule has 7 nitrogen and oxygen atoms in total. The first-order valence-electron chi connectivity index (χ1n) is 14.1. The Balaban J connectivity index is 1.34. The zero-order valence-corrected chi connectivity index (χ0v) is 22.4. The minimum absolute atomic E-state index is 0.0338. The van der Waals surface area contributed by atoms with Gasteiger partial charge in [-0.3, -0.25) is 0 Å². The maximum atomic E-state index is 10.4. The molecule has 3 aliphatic rings. The van der Waals surface area contributed by atoms with E-state index in [4.69, 9.17) is 14.2 Å². The van der Waals surface area contributed by atoms with Crippen LogP contribution < -0.4 is 10.1 Å². The lowest BCUT2D eigenvalue weighted by molar-refractivity contribution is -0.117. The molecule has 0 bridgehead atoms. The fourth-order valence-corrected chi connectivity index (χ4v) is 5.66. The zero-order valence-electron chi connectivity index (χ0n) is 22.4. The molecule has 202 valence electrons. The number of nitriles is 1. The Morgan fingerprint density at radius 2 is 1.82 bits per heavy atom. The maximum absolute atomic E-state index is 10.4. The van der Waals surface area contributed by atoms with Crippen LogP contribution >= 0.6 is 0 Å². The van der Waals surface area contributed by atoms with Crippen molar-refractivity contribution >= 4 is 16.6 Å². The molecule has 39 heavy (non-hydrogen) atoms. The van der Waals surface area contributed by atoms with Crippen molar-refractivity contribution in [2.24, 2.45) is 5.92 Å². The Kier molecular flexibility index (Phi) is 7.48. The third-order valence-electron chi connectivity index (χ3n) is 8.21. The Labute approximate surface area is 229 Å². The van der Waals surface area contributed by atoms with E-state index in [0.29, 0.717) is 12.0 Å². The first kappa shape index (κ1) is 25.8. The molecule has 0 spiro atoms. The lowest BCUT2D eigenvalue weighted by atomic mass is 9.92. The van der Waals surface area contributed by atoms with E-state index in [1.165, 1.54) is 6.42 Å². The molecule has 1 aromatic heterocycles. The molecular weight excluding hydrogens is 490 g/mol. The van der Waals surface area contributed by atoms with Crippen LogP contribution in [0.15, 0.2) is 42.5 Å². The molecule has 1 saturated heterocycles. The van der Waals surface area contributed by atoms with Crippen LogP contribution in [0.2, 0.25) is 0 Å². The molecule has 6 rings (SSSR count). The second kappa shape index (κ2) is 11.3. The van der Waals surface area contributed by atoms with Crippen molar-refractivity contribution in [3.63, 3.8) is 0 Å². The fourth-order valence-electron chi connectivity index (χ4n) is 5.66. The standard InChI is InChI=1S/C32H35N3O4/c1-21(22-7-8-22)38-32(36)34-24-11-9-23(10-12-24)31-29(6-3-17-33)28-14-13-27(39-26-15-18-37-19-16-26)20-30(28)35(31)25-4-2-5-25/h9-14,20-22,25-26,32,34,36H,2,4-5,7-8,15-16,18-19H2,1H3. The zero-order chi connectivity index (χ0) is 26.8. The lowest BCUT2D eigenvalue weighted by Gasteiger charge is -2.30. The molecule has 2 saturated carbocycles. The van der Waals surface area contributed by atoms with E-state index in [2.05, 4.69) is 33.9 Å². The van der Waals surface area contributed by atoms with Crippen LogP contribution in [0.5, 0.6) is 5.75 Å². The molecule has 2 atom stereocenters. The van der Waals surface area contributed by atoms with E-state index in [0.717, 1.165) is 90.9 Å². The molecule has 7 heteroatoms. The van der Waals surface area contributed by atoms with Gasteiger partial charge in [0.15, 0.2) is 6.07 Å². The molecule has 2 unspecified atom stereocenters. The van der Waals surface area contributed by atoms with Crippen LogP contribution in [0.3, 0.4) is 0 Å². The van der Waals surface area contributed by atoms with Gasteiger partial charge in [-0.05, 0) is 80.7 Å². The van der Waals surface area contributed by atoms with Gasteiger partial charge in [0.25, 0.3) is 0 Å². The van der Waals surface area contributed by atoms with Gasteiger partial charge in [0, 0.05) is 41.9 Å². The predicted octanol–water partition coefficient (Wildman–Crippen LogP) is 5.97. The summed E-state index contributed by atoms with van der Waals surface area (Å²) in [5.74, 6) is 7.19. The molecule has 2 aromatic carbocycles. The van der Waals surface area contributed by atoms with Crippen molar-refractivity contribution in [1.82, 2.24) is 4.57 Å². The molecular formula is C32H35N3O4. The summed E-state index contributed by atoms with van der Waals surface area (Å²) in [6, 6.07) is 16.6. The average molecular weight is 526 g/mol. The number of hydrogen-bond acceptors (Lipinski definition) is 6. The SMILES string of the molecule is CC(OC(O)Nc1ccc(-c2c(C#CC#N)c3ccc(OC4CCOCC4)cc3n2C2CCC2)cc1)C1CC1. The van der Waals surface area contributed by atoms with E-state index in [1.807, 2.05) is 43.3 Å². The Bertz CT molecular complexity index is 1410. The van der Waals surface area contributed by atoms with Gasteiger partial charge in [-0.1, -0.05) is 12.1 Å². The number of aliphatic hydroxyl groups excluding tert-OH is 1. The van der Waals surface area contributed by atoms with Gasteiger partial charge < -0.3 is 29.2 Å². The monoisotopic (exact) mass is 525 g/mol. The second-order valence-electron chi connectivity index (χ2n) is 10.9. The Morgan fingerprint density at radius 1 is 1.05 bits per heavy atom. The topological polar surface area (TPSA) is 88.7 Å². The summed E-state index contributed by atoms with van der Waals surface area (Å²) in [5.41, 5.74) is 4.75. The van der Waals surface area contributed by atoms with Crippen molar-refractivity contribution in [2.45, 2.75) is 76.5 Å². The van der Waals surface area contributed by atoms with Crippen molar-refractivity contribution in [2.75, 3.05) is 18.5 Å². The molecule has 1 aliphatic heterocycles. The van der Waals surface area contributed by atoms with Gasteiger partial charge >= 0.3 is 0 Å². The molecule has 0 amide bonds. The van der Waals surface area contributed by atoms with Gasteiger partial charge in [0.1, 0.15) is 11.9 Å². The molecule has 2 aliphatic carbocycles. The number of rotatable bonds is 9. The fraction of sp³-hybridized carbons (Fsp3) is 0.469. The van der Waals surface area contributed by atoms with Crippen molar-refractivity contribution in [3.8, 4) is 34.9 Å². The van der Waals surface area contributed by atoms with Gasteiger partial charge in [-0.25, -0.2) is 0 Å². The van der Waals surface area contributed by atoms with E-state index < -0.39 is 6.41 Å². The smallest absolute Gasteiger partial charge is 0.235 e. The molecule has 2 N–H and O–H groups in total. The number of fused-ring (bicyclic) bond motifs is 1. The third-order valence-corrected chi connectivity index (χ3v) is 8.21. The number of aliphatic hydroxyl groups is 1. The third kappa shape index (κ3) is 5.63. The van der Waals surface area contributed by atoms with E-state index in [-0.39, 0.29) is 12.2 Å². The van der Waals surface area contributed by atoms with Crippen molar-refractivity contribution in [1.29, 1.82) is 5.26 Å². The molecule has 3 fully saturated rings. The van der Waals surface area contributed by atoms with Crippen LogP contribution in [0.4, 0.5) is 5.69 Å². The van der Waals surface area contributed by atoms with Gasteiger partial charge in [0.05, 0.1) is 36.1 Å². The van der Waals surface area contributed by atoms with Crippen LogP contribution in [-0.2, 0) is 9.47 Å². The van der Waals surface area contributed by atoms with Crippen LogP contribution in [0.1, 0.15) is 63.5 Å². The first-order valence-corrected chi connectivity index (χ1v) is 14.1. The number of nitrogens with one attached hydrogen (secondary N) is 1. The molecule has 0 radical (unpaired) electrons. The summed E-state index contributed by atoms with van der Waals surface area (Å²) >= 11 is 0. The number of hydrogen-bond donors (Lipinski definition) is 2. The minimum atomic E-state index is -1.06. The van der Waals surface area contributed by atoms with Gasteiger partial charge in [-0.2, -0.15) is 5.26 Å². The Hall–Kier alpha value is -3.49. The summed E-state index contributed by atoms with van der Waals surface area (Å²) in [7, 11) is 0. The average Bonchev–Trinajstić information content (AvgIpc) is 3.72. The summed E-state index contributed by atoms with van der Waals surface area (Å²) in [5, 5.41) is 23.7. The number of ether oxygens (including phenoxy) is 3. The first-order chi connectivity index (χ1) is 19.1. The Morgan fingerprint density at radius 3 is 2.49 bits per heavy atom. The highest BCUT2D eigenvalue weighted by Gasteiger charge is 2.30. The normalized spacial score (nSPS) is 19.4. The number of anilines is 1. The second-order valence-corrected chi connectivity index (χ2v) is 10.9. The van der Waals surface area contributed by atoms with Gasteiger partial charge in [0.2, 0.25) is 6.41 Å². The quantitative estimate of drug-likeness (QED) is 0.264. The van der Waals surface area contributed by atoms with Crippen LogP contribution in [0.25, 0.3) is 22.2 Å². The van der Waals surface area contributed by atoms with Crippen molar-refractivity contribution in [3.05, 3.63) is 48.0 Å². The highest BCUT2D eigenvalue weighted by molar-refractivity contribution is 5.96. The molecule has 3 aromatic rings. The number of benzene rings is 2. The van der Waals surface area contributed by atoms with E-state index >= 15 is 0 Å². The van der Waals surface area contributed by atoms with Crippen LogP contribution in [-0.4, -0.2) is 41.5 Å². The number of aromatic nitrogens is 1. The summed E-state index contributed by atoms with van der Waals surface area (Å²) in [6.45, 7) is 3.47. The number of nitrogens with zero attached hydrogens (tertiary/aromatic N) is 2. The van der Waals surface area contributed by atoms with Crippen molar-refractivity contribution < 1.29 is 19.3 Å². The van der Waals surface area contributed by atoms with E-state index in [1.54, 1.807) is 0 Å². The highest BCUT2D eigenvalue weighted by atomic mass is 16.6. The largest absolute Gasteiger partial charge is 0.490 e. The molecule has 2 heterocycles. The lowest BCUT2D eigenvalue weighted by Crippen LogP contribution is -2.28. The summed E-state index contributed by atoms with van der Waals surface area (Å²) in [6.07, 6.45) is 6.66. The maximum Gasteiger partial charge on any atom is 0.235 e. The predicted molar refractivity (Wildman–Crippen MR) is 150 cm³/mol. The summed E-state index contributed by atoms with van der Waals surface area (Å²) < 4.78 is 20.0. The summed E-state index contributed by atoms with van der Waals surface area (Å²) in [4.78, 5) is 0. The minimum Gasteiger partial charge on any atom is -0.490 e.